The Morgan fingerprint density at radius 2 is 1.75 bits per heavy atom. The SMILES string of the molecule is CCOc1ccccc1C(=O)N1CCN(C(=O)C(C)CN)CC1.Cl. The Morgan fingerprint density at radius 3 is 2.33 bits per heavy atom. The molecule has 2 N–H and O–H groups in total. The average molecular weight is 356 g/mol. The summed E-state index contributed by atoms with van der Waals surface area (Å²) in [7, 11) is 0. The number of carbonyl (C=O) groups excluding carboxylic acids is 2. The van der Waals surface area contributed by atoms with Gasteiger partial charge in [0.2, 0.25) is 5.91 Å². The summed E-state index contributed by atoms with van der Waals surface area (Å²) in [4.78, 5) is 28.4. The molecule has 1 saturated heterocycles. The molecule has 1 heterocycles. The molecule has 2 amide bonds. The number of ether oxygens (including phenoxy) is 1. The topological polar surface area (TPSA) is 75.9 Å². The molecule has 0 bridgehead atoms. The van der Waals surface area contributed by atoms with E-state index in [0.29, 0.717) is 50.6 Å². The second kappa shape index (κ2) is 9.49. The molecule has 1 aromatic rings. The highest BCUT2D eigenvalue weighted by atomic mass is 35.5. The number of rotatable bonds is 5. The highest BCUT2D eigenvalue weighted by Gasteiger charge is 2.27. The second-order valence-corrected chi connectivity index (χ2v) is 5.68. The van der Waals surface area contributed by atoms with Gasteiger partial charge < -0.3 is 20.3 Å². The van der Waals surface area contributed by atoms with E-state index in [9.17, 15) is 9.59 Å². The van der Waals surface area contributed by atoms with Crippen molar-refractivity contribution < 1.29 is 14.3 Å². The van der Waals surface area contributed by atoms with Crippen LogP contribution in [0.5, 0.6) is 5.75 Å². The van der Waals surface area contributed by atoms with Crippen molar-refractivity contribution in [3.63, 3.8) is 0 Å². The Kier molecular flexibility index (Phi) is 8.01. The van der Waals surface area contributed by atoms with Gasteiger partial charge in [-0.3, -0.25) is 9.59 Å². The van der Waals surface area contributed by atoms with Gasteiger partial charge >= 0.3 is 0 Å². The van der Waals surface area contributed by atoms with E-state index in [2.05, 4.69) is 0 Å². The van der Waals surface area contributed by atoms with Crippen LogP contribution in [0.15, 0.2) is 24.3 Å². The lowest BCUT2D eigenvalue weighted by Gasteiger charge is -2.36. The van der Waals surface area contributed by atoms with Crippen LogP contribution >= 0.6 is 12.4 Å². The highest BCUT2D eigenvalue weighted by molar-refractivity contribution is 5.97. The molecule has 1 unspecified atom stereocenters. The third-order valence-electron chi connectivity index (χ3n) is 4.07. The summed E-state index contributed by atoms with van der Waals surface area (Å²) in [5.74, 6) is 0.452. The standard InChI is InChI=1S/C17H25N3O3.ClH/c1-3-23-15-7-5-4-6-14(15)17(22)20-10-8-19(9-11-20)16(21)13(2)12-18;/h4-7,13H,3,8-12,18H2,1-2H3;1H. The van der Waals surface area contributed by atoms with Crippen molar-refractivity contribution in [2.45, 2.75) is 13.8 Å². The van der Waals surface area contributed by atoms with E-state index in [1.165, 1.54) is 0 Å². The van der Waals surface area contributed by atoms with E-state index >= 15 is 0 Å². The van der Waals surface area contributed by atoms with E-state index in [4.69, 9.17) is 10.5 Å². The fourth-order valence-corrected chi connectivity index (χ4v) is 2.64. The minimum Gasteiger partial charge on any atom is -0.493 e. The molecule has 0 aromatic heterocycles. The van der Waals surface area contributed by atoms with Crippen molar-refractivity contribution in [3.05, 3.63) is 29.8 Å². The lowest BCUT2D eigenvalue weighted by Crippen LogP contribution is -2.52. The molecule has 1 fully saturated rings. The van der Waals surface area contributed by atoms with Gasteiger partial charge in [-0.15, -0.1) is 12.4 Å². The van der Waals surface area contributed by atoms with Crippen LogP contribution in [0, 0.1) is 5.92 Å². The van der Waals surface area contributed by atoms with Gasteiger partial charge in [0.15, 0.2) is 0 Å². The summed E-state index contributed by atoms with van der Waals surface area (Å²) in [5.41, 5.74) is 6.12. The fourth-order valence-electron chi connectivity index (χ4n) is 2.64. The molecule has 1 aliphatic rings. The zero-order chi connectivity index (χ0) is 16.8. The largest absolute Gasteiger partial charge is 0.493 e. The highest BCUT2D eigenvalue weighted by Crippen LogP contribution is 2.21. The predicted octanol–water partition coefficient (Wildman–Crippen LogP) is 1.39. The van der Waals surface area contributed by atoms with Crippen molar-refractivity contribution in [2.75, 3.05) is 39.3 Å². The minimum absolute atomic E-state index is 0. The summed E-state index contributed by atoms with van der Waals surface area (Å²) in [6, 6.07) is 7.27. The maximum atomic E-state index is 12.7. The molecule has 6 nitrogen and oxygen atoms in total. The number of carbonyl (C=O) groups is 2. The molecule has 1 aromatic carbocycles. The number of para-hydroxylation sites is 1. The molecule has 24 heavy (non-hydrogen) atoms. The van der Waals surface area contributed by atoms with Gasteiger partial charge in [0.25, 0.3) is 5.91 Å². The Labute approximate surface area is 149 Å². The van der Waals surface area contributed by atoms with E-state index in [1.807, 2.05) is 26.0 Å². The van der Waals surface area contributed by atoms with Gasteiger partial charge in [0.1, 0.15) is 5.75 Å². The third-order valence-corrected chi connectivity index (χ3v) is 4.07. The van der Waals surface area contributed by atoms with Crippen molar-refractivity contribution >= 4 is 24.2 Å². The van der Waals surface area contributed by atoms with E-state index in [-0.39, 0.29) is 30.1 Å². The molecule has 1 atom stereocenters. The van der Waals surface area contributed by atoms with E-state index in [0.717, 1.165) is 0 Å². The van der Waals surface area contributed by atoms with Crippen LogP contribution in [0.2, 0.25) is 0 Å². The molecule has 2 rings (SSSR count). The van der Waals surface area contributed by atoms with Gasteiger partial charge in [0, 0.05) is 38.6 Å². The number of nitrogens with zero attached hydrogens (tertiary/aromatic N) is 2. The molecule has 1 aliphatic heterocycles. The minimum atomic E-state index is -0.170. The van der Waals surface area contributed by atoms with Crippen LogP contribution in [0.1, 0.15) is 24.2 Å². The average Bonchev–Trinajstić information content (AvgIpc) is 2.60. The molecular formula is C17H26ClN3O3. The summed E-state index contributed by atoms with van der Waals surface area (Å²) >= 11 is 0. The van der Waals surface area contributed by atoms with Crippen LogP contribution in [-0.4, -0.2) is 60.9 Å². The number of hydrogen-bond acceptors (Lipinski definition) is 4. The first-order valence-electron chi connectivity index (χ1n) is 8.08. The van der Waals surface area contributed by atoms with Gasteiger partial charge in [-0.05, 0) is 19.1 Å². The number of halogens is 1. The lowest BCUT2D eigenvalue weighted by atomic mass is 10.1. The molecule has 0 spiro atoms. The maximum Gasteiger partial charge on any atom is 0.257 e. The van der Waals surface area contributed by atoms with Crippen LogP contribution in [0.25, 0.3) is 0 Å². The number of amides is 2. The first kappa shape index (κ1) is 20.3. The zero-order valence-corrected chi connectivity index (χ0v) is 15.1. The zero-order valence-electron chi connectivity index (χ0n) is 14.2. The van der Waals surface area contributed by atoms with Gasteiger partial charge in [0.05, 0.1) is 12.2 Å². The van der Waals surface area contributed by atoms with Gasteiger partial charge in [-0.1, -0.05) is 19.1 Å². The normalized spacial score (nSPS) is 15.5. The Morgan fingerprint density at radius 1 is 1.17 bits per heavy atom. The summed E-state index contributed by atoms with van der Waals surface area (Å²) < 4.78 is 5.53. The summed E-state index contributed by atoms with van der Waals surface area (Å²) in [5, 5.41) is 0. The first-order chi connectivity index (χ1) is 11.1. The lowest BCUT2D eigenvalue weighted by molar-refractivity contribution is -0.136. The number of benzene rings is 1. The third kappa shape index (κ3) is 4.61. The molecular weight excluding hydrogens is 330 g/mol. The molecule has 134 valence electrons. The maximum absolute atomic E-state index is 12.7. The Bertz CT molecular complexity index is 560. The quantitative estimate of drug-likeness (QED) is 0.866. The smallest absolute Gasteiger partial charge is 0.257 e. The van der Waals surface area contributed by atoms with Crippen LogP contribution < -0.4 is 10.5 Å². The number of piperazine rings is 1. The monoisotopic (exact) mass is 355 g/mol. The Hall–Kier alpha value is -1.79. The van der Waals surface area contributed by atoms with Gasteiger partial charge in [-0.25, -0.2) is 0 Å². The van der Waals surface area contributed by atoms with Crippen molar-refractivity contribution in [1.82, 2.24) is 9.80 Å². The summed E-state index contributed by atoms with van der Waals surface area (Å²) in [6.45, 7) is 6.74. The van der Waals surface area contributed by atoms with Crippen molar-refractivity contribution in [3.8, 4) is 5.75 Å². The predicted molar refractivity (Wildman–Crippen MR) is 95.6 cm³/mol. The molecule has 7 heteroatoms. The van der Waals surface area contributed by atoms with E-state index < -0.39 is 0 Å². The molecule has 0 aliphatic carbocycles. The summed E-state index contributed by atoms with van der Waals surface area (Å²) in [6.07, 6.45) is 0. The van der Waals surface area contributed by atoms with Crippen LogP contribution in [0.3, 0.4) is 0 Å². The molecule has 0 saturated carbocycles. The van der Waals surface area contributed by atoms with Crippen molar-refractivity contribution in [1.29, 1.82) is 0 Å². The first-order valence-corrected chi connectivity index (χ1v) is 8.08. The van der Waals surface area contributed by atoms with E-state index in [1.54, 1.807) is 21.9 Å². The Balaban J connectivity index is 0.00000288. The van der Waals surface area contributed by atoms with Crippen LogP contribution in [-0.2, 0) is 4.79 Å². The molecule has 0 radical (unpaired) electrons. The number of nitrogens with two attached hydrogens (primary N) is 1. The van der Waals surface area contributed by atoms with Gasteiger partial charge in [-0.2, -0.15) is 0 Å². The second-order valence-electron chi connectivity index (χ2n) is 5.68. The van der Waals surface area contributed by atoms with Crippen LogP contribution in [0.4, 0.5) is 0 Å². The number of hydrogen-bond donors (Lipinski definition) is 1. The fraction of sp³-hybridized carbons (Fsp3) is 0.529. The van der Waals surface area contributed by atoms with Crippen molar-refractivity contribution in [2.24, 2.45) is 11.7 Å².